The van der Waals surface area contributed by atoms with Crippen LogP contribution in [0.5, 0.6) is 5.75 Å². The number of anilines is 1. The zero-order chi connectivity index (χ0) is 17.2. The molecule has 0 aliphatic carbocycles. The lowest BCUT2D eigenvalue weighted by Gasteiger charge is -2.10. The van der Waals surface area contributed by atoms with Gasteiger partial charge in [-0.1, -0.05) is 53.3 Å². The van der Waals surface area contributed by atoms with Crippen LogP contribution in [-0.4, -0.2) is 20.5 Å². The van der Waals surface area contributed by atoms with Gasteiger partial charge in [-0.05, 0) is 23.8 Å². The van der Waals surface area contributed by atoms with Crippen LogP contribution in [0.3, 0.4) is 0 Å². The molecular formula is C16H13ClN2O3S2. The van der Waals surface area contributed by atoms with Crippen molar-refractivity contribution >= 4 is 38.1 Å². The Labute approximate surface area is 148 Å². The van der Waals surface area contributed by atoms with Crippen molar-refractivity contribution in [2.24, 2.45) is 0 Å². The van der Waals surface area contributed by atoms with Gasteiger partial charge in [0.15, 0.2) is 5.13 Å². The summed E-state index contributed by atoms with van der Waals surface area (Å²) in [5.74, 6) is 0.215. The SMILES string of the molecule is COc1ccc(Cl)cc1S(=O)(=O)Nc1ncc(-c2ccccc2)s1. The quantitative estimate of drug-likeness (QED) is 0.717. The van der Waals surface area contributed by atoms with Gasteiger partial charge in [-0.25, -0.2) is 13.4 Å². The largest absolute Gasteiger partial charge is 0.495 e. The second-order valence-corrected chi connectivity index (χ2v) is 7.91. The fourth-order valence-electron chi connectivity index (χ4n) is 2.09. The normalized spacial score (nSPS) is 11.2. The summed E-state index contributed by atoms with van der Waals surface area (Å²) in [6.45, 7) is 0. The van der Waals surface area contributed by atoms with Crippen LogP contribution >= 0.6 is 22.9 Å². The maximum Gasteiger partial charge on any atom is 0.267 e. The number of ether oxygens (including phenoxy) is 1. The van der Waals surface area contributed by atoms with Crippen molar-refractivity contribution in [2.45, 2.75) is 4.90 Å². The van der Waals surface area contributed by atoms with Crippen molar-refractivity contribution in [3.63, 3.8) is 0 Å². The Morgan fingerprint density at radius 1 is 1.17 bits per heavy atom. The molecule has 5 nitrogen and oxygen atoms in total. The summed E-state index contributed by atoms with van der Waals surface area (Å²) in [4.78, 5) is 4.97. The molecule has 0 aliphatic heterocycles. The van der Waals surface area contributed by atoms with E-state index in [2.05, 4.69) is 9.71 Å². The Balaban J connectivity index is 1.91. The third-order valence-electron chi connectivity index (χ3n) is 3.20. The minimum Gasteiger partial charge on any atom is -0.495 e. The number of thiazole rings is 1. The van der Waals surface area contributed by atoms with Gasteiger partial charge in [-0.3, -0.25) is 4.72 Å². The number of rotatable bonds is 5. The van der Waals surface area contributed by atoms with Gasteiger partial charge in [0.2, 0.25) is 0 Å². The predicted octanol–water partition coefficient (Wildman–Crippen LogP) is 4.27. The molecule has 24 heavy (non-hydrogen) atoms. The summed E-state index contributed by atoms with van der Waals surface area (Å²) in [5, 5.41) is 0.580. The van der Waals surface area contributed by atoms with Crippen LogP contribution in [0, 0.1) is 0 Å². The molecule has 2 aromatic carbocycles. The van der Waals surface area contributed by atoms with Gasteiger partial charge >= 0.3 is 0 Å². The van der Waals surface area contributed by atoms with E-state index in [0.717, 1.165) is 10.4 Å². The fraction of sp³-hybridized carbons (Fsp3) is 0.0625. The van der Waals surface area contributed by atoms with Crippen LogP contribution in [0.15, 0.2) is 59.6 Å². The lowest BCUT2D eigenvalue weighted by Crippen LogP contribution is -2.13. The first-order valence-corrected chi connectivity index (χ1v) is 9.55. The molecular weight excluding hydrogens is 368 g/mol. The molecule has 0 spiro atoms. The lowest BCUT2D eigenvalue weighted by molar-refractivity contribution is 0.403. The highest BCUT2D eigenvalue weighted by molar-refractivity contribution is 7.93. The molecule has 1 aromatic heterocycles. The average Bonchev–Trinajstić information content (AvgIpc) is 3.03. The Morgan fingerprint density at radius 3 is 2.62 bits per heavy atom. The van der Waals surface area contributed by atoms with Crippen molar-refractivity contribution in [2.75, 3.05) is 11.8 Å². The topological polar surface area (TPSA) is 68.3 Å². The predicted molar refractivity (Wildman–Crippen MR) is 96.4 cm³/mol. The number of halogens is 1. The molecule has 0 bridgehead atoms. The summed E-state index contributed by atoms with van der Waals surface area (Å²) < 4.78 is 32.8. The van der Waals surface area contributed by atoms with Gasteiger partial charge in [0.1, 0.15) is 10.6 Å². The van der Waals surface area contributed by atoms with Crippen molar-refractivity contribution < 1.29 is 13.2 Å². The van der Waals surface area contributed by atoms with Crippen LogP contribution in [0.2, 0.25) is 5.02 Å². The number of hydrogen-bond donors (Lipinski definition) is 1. The van der Waals surface area contributed by atoms with Crippen LogP contribution < -0.4 is 9.46 Å². The Bertz CT molecular complexity index is 956. The van der Waals surface area contributed by atoms with Crippen molar-refractivity contribution in [3.05, 3.63) is 59.8 Å². The molecule has 0 atom stereocenters. The molecule has 0 amide bonds. The zero-order valence-corrected chi connectivity index (χ0v) is 15.0. The molecule has 1 N–H and O–H groups in total. The molecule has 8 heteroatoms. The highest BCUT2D eigenvalue weighted by Gasteiger charge is 2.21. The van der Waals surface area contributed by atoms with E-state index >= 15 is 0 Å². The zero-order valence-electron chi connectivity index (χ0n) is 12.6. The smallest absolute Gasteiger partial charge is 0.267 e. The highest BCUT2D eigenvalue weighted by Crippen LogP contribution is 2.32. The molecule has 3 rings (SSSR count). The number of aromatic nitrogens is 1. The van der Waals surface area contributed by atoms with E-state index in [0.29, 0.717) is 5.02 Å². The standard InChI is InChI=1S/C16H13ClN2O3S2/c1-22-13-8-7-12(17)9-15(13)24(20,21)19-16-18-10-14(23-16)11-5-3-2-4-6-11/h2-10H,1H3,(H,18,19). The van der Waals surface area contributed by atoms with Crippen molar-refractivity contribution in [3.8, 4) is 16.2 Å². The third kappa shape index (κ3) is 3.53. The van der Waals surface area contributed by atoms with E-state index in [9.17, 15) is 8.42 Å². The minimum absolute atomic E-state index is 0.0334. The van der Waals surface area contributed by atoms with Gasteiger partial charge < -0.3 is 4.74 Å². The first kappa shape index (κ1) is 16.8. The van der Waals surface area contributed by atoms with E-state index < -0.39 is 10.0 Å². The number of hydrogen-bond acceptors (Lipinski definition) is 5. The first-order chi connectivity index (χ1) is 11.5. The van der Waals surface area contributed by atoms with Crippen LogP contribution in [0.1, 0.15) is 0 Å². The van der Waals surface area contributed by atoms with Crippen molar-refractivity contribution in [1.82, 2.24) is 4.98 Å². The van der Waals surface area contributed by atoms with Crippen LogP contribution in [0.4, 0.5) is 5.13 Å². The molecule has 0 saturated carbocycles. The molecule has 0 unspecified atom stereocenters. The van der Waals surface area contributed by atoms with Gasteiger partial charge in [-0.2, -0.15) is 0 Å². The fourth-order valence-corrected chi connectivity index (χ4v) is 4.58. The van der Waals surface area contributed by atoms with Crippen LogP contribution in [-0.2, 0) is 10.0 Å². The number of nitrogens with zero attached hydrogens (tertiary/aromatic N) is 1. The second-order valence-electron chi connectivity index (χ2n) is 4.80. The summed E-state index contributed by atoms with van der Waals surface area (Å²) in [5.41, 5.74) is 0.973. The molecule has 0 fully saturated rings. The average molecular weight is 381 g/mol. The lowest BCUT2D eigenvalue weighted by atomic mass is 10.2. The molecule has 1 heterocycles. The van der Waals surface area contributed by atoms with Gasteiger partial charge in [0.25, 0.3) is 10.0 Å². The number of methoxy groups -OCH3 is 1. The number of nitrogens with one attached hydrogen (secondary N) is 1. The third-order valence-corrected chi connectivity index (χ3v) is 5.89. The first-order valence-electron chi connectivity index (χ1n) is 6.87. The Morgan fingerprint density at radius 2 is 1.92 bits per heavy atom. The summed E-state index contributed by atoms with van der Waals surface area (Å²) >= 11 is 7.16. The minimum atomic E-state index is -3.86. The summed E-state index contributed by atoms with van der Waals surface area (Å²) in [6.07, 6.45) is 1.63. The maximum absolute atomic E-state index is 12.6. The molecule has 124 valence electrons. The van der Waals surface area contributed by atoms with Crippen LogP contribution in [0.25, 0.3) is 10.4 Å². The summed E-state index contributed by atoms with van der Waals surface area (Å²) in [7, 11) is -2.46. The van der Waals surface area contributed by atoms with E-state index in [1.807, 2.05) is 30.3 Å². The van der Waals surface area contributed by atoms with Gasteiger partial charge in [0.05, 0.1) is 12.0 Å². The molecule has 0 saturated heterocycles. The monoisotopic (exact) mass is 380 g/mol. The second kappa shape index (κ2) is 6.80. The van der Waals surface area contributed by atoms with Gasteiger partial charge in [0, 0.05) is 11.2 Å². The molecule has 3 aromatic rings. The molecule has 0 radical (unpaired) electrons. The summed E-state index contributed by atoms with van der Waals surface area (Å²) in [6, 6.07) is 14.0. The number of benzene rings is 2. The van der Waals surface area contributed by atoms with E-state index in [1.165, 1.54) is 30.6 Å². The molecule has 0 aliphatic rings. The van der Waals surface area contributed by atoms with E-state index in [4.69, 9.17) is 16.3 Å². The van der Waals surface area contributed by atoms with Crippen molar-refractivity contribution in [1.29, 1.82) is 0 Å². The van der Waals surface area contributed by atoms with E-state index in [-0.39, 0.29) is 15.8 Å². The maximum atomic E-state index is 12.6. The Kier molecular flexibility index (Phi) is 4.75. The Hall–Kier alpha value is -2.09. The van der Waals surface area contributed by atoms with E-state index in [1.54, 1.807) is 12.3 Å². The highest BCUT2D eigenvalue weighted by atomic mass is 35.5. The van der Waals surface area contributed by atoms with Gasteiger partial charge in [-0.15, -0.1) is 0 Å². The number of sulfonamides is 1.